The van der Waals surface area contributed by atoms with Gasteiger partial charge in [-0.1, -0.05) is 282 Å². The van der Waals surface area contributed by atoms with Crippen molar-refractivity contribution in [1.82, 2.24) is 5.32 Å². The van der Waals surface area contributed by atoms with Crippen molar-refractivity contribution in [2.24, 2.45) is 0 Å². The van der Waals surface area contributed by atoms with Gasteiger partial charge in [-0.3, -0.25) is 9.35 Å². The SMILES string of the molecule is CCCCCCCCCCCCC/C=C/C(O)C(COC1OC(CO)C(O)C(OS(=O)(=O)O)C1O)NC(=O)CCCCCCCCCCCCCCCCCCC/C=C\CCCCCCCCCCCCCCCC. The quantitative estimate of drug-likeness (QED) is 0.0193. The lowest BCUT2D eigenvalue weighted by atomic mass is 9.99. The lowest BCUT2D eigenvalue weighted by Crippen LogP contribution is -2.61. The fourth-order valence-electron chi connectivity index (χ4n) is 10.3. The molecule has 0 spiro atoms. The first-order valence-electron chi connectivity index (χ1n) is 31.7. The second-order valence-corrected chi connectivity index (χ2v) is 23.4. The average Bonchev–Trinajstić information content (AvgIpc) is 3.39. The van der Waals surface area contributed by atoms with Crippen molar-refractivity contribution in [3.8, 4) is 0 Å². The van der Waals surface area contributed by atoms with Gasteiger partial charge in [0.05, 0.1) is 25.4 Å². The number of aliphatic hydroxyl groups excluding tert-OH is 4. The van der Waals surface area contributed by atoms with Crippen molar-refractivity contribution in [2.45, 2.75) is 352 Å². The molecule has 0 aliphatic carbocycles. The molecule has 1 amide bonds. The Kier molecular flexibility index (Phi) is 49.6. The number of allylic oxidation sites excluding steroid dienone is 3. The largest absolute Gasteiger partial charge is 0.397 e. The van der Waals surface area contributed by atoms with Gasteiger partial charge in [0.25, 0.3) is 0 Å². The van der Waals surface area contributed by atoms with Crippen LogP contribution in [-0.4, -0.2) is 95.4 Å². The van der Waals surface area contributed by atoms with Gasteiger partial charge in [-0.05, 0) is 44.9 Å². The molecule has 1 saturated heterocycles. The molecule has 13 heteroatoms. The first-order valence-corrected chi connectivity index (χ1v) is 33.1. The maximum Gasteiger partial charge on any atom is 0.397 e. The predicted octanol–water partition coefficient (Wildman–Crippen LogP) is 15.6. The van der Waals surface area contributed by atoms with E-state index >= 15 is 0 Å². The van der Waals surface area contributed by atoms with Crippen LogP contribution in [0.25, 0.3) is 0 Å². The minimum Gasteiger partial charge on any atom is -0.394 e. The molecule has 444 valence electrons. The molecule has 1 aliphatic heterocycles. The van der Waals surface area contributed by atoms with Gasteiger partial charge >= 0.3 is 10.4 Å². The monoisotopic (exact) mass is 1090 g/mol. The summed E-state index contributed by atoms with van der Waals surface area (Å²) < 4.78 is 47.8. The number of ether oxygens (including phenoxy) is 2. The number of hydrogen-bond donors (Lipinski definition) is 6. The second-order valence-electron chi connectivity index (χ2n) is 22.4. The maximum atomic E-state index is 13.1. The van der Waals surface area contributed by atoms with E-state index in [1.807, 2.05) is 6.08 Å². The molecule has 0 aromatic carbocycles. The minimum absolute atomic E-state index is 0.258. The second kappa shape index (κ2) is 52.0. The number of carbonyl (C=O) groups excluding carboxylic acids is 1. The van der Waals surface area contributed by atoms with Crippen LogP contribution in [0, 0.1) is 0 Å². The topological polar surface area (TPSA) is 192 Å². The summed E-state index contributed by atoms with van der Waals surface area (Å²) in [6.45, 7) is 3.42. The Bertz CT molecular complexity index is 1420. The highest BCUT2D eigenvalue weighted by molar-refractivity contribution is 7.80. The lowest BCUT2D eigenvalue weighted by molar-refractivity contribution is -0.298. The van der Waals surface area contributed by atoms with Crippen LogP contribution in [0.1, 0.15) is 309 Å². The molecule has 7 atom stereocenters. The third-order valence-electron chi connectivity index (χ3n) is 15.2. The Hall–Kier alpha value is -1.42. The van der Waals surface area contributed by atoms with Crippen LogP contribution in [0.4, 0.5) is 0 Å². The van der Waals surface area contributed by atoms with Crippen LogP contribution < -0.4 is 5.32 Å². The number of carbonyl (C=O) groups is 1. The number of aliphatic hydroxyl groups is 4. The van der Waals surface area contributed by atoms with E-state index in [4.69, 9.17) is 9.47 Å². The molecule has 0 aromatic heterocycles. The summed E-state index contributed by atoms with van der Waals surface area (Å²) in [5.41, 5.74) is 0. The molecule has 0 saturated carbocycles. The zero-order chi connectivity index (χ0) is 54.7. The van der Waals surface area contributed by atoms with Crippen LogP contribution in [0.3, 0.4) is 0 Å². The summed E-state index contributed by atoms with van der Waals surface area (Å²) in [5, 5.41) is 44.9. The van der Waals surface area contributed by atoms with E-state index in [-0.39, 0.29) is 18.9 Å². The van der Waals surface area contributed by atoms with E-state index in [2.05, 4.69) is 35.5 Å². The highest BCUT2D eigenvalue weighted by Gasteiger charge is 2.48. The standard InChI is InChI=1S/C62H119NO11S/c1-3-5-7-9-11-13-15-17-18-19-20-21-22-23-24-25-26-27-28-29-30-31-32-33-34-35-36-37-38-40-42-44-46-48-50-52-58(66)63-55(56(65)51-49-47-45-43-41-39-16-14-12-10-8-6-4-2)54-72-62-60(68)61(74-75(69,70)71)59(67)57(53-64)73-62/h25-26,49,51,55-57,59-62,64-65,67-68H,3-24,27-48,50,52-54H2,1-2H3,(H,63,66)(H,69,70,71)/b26-25-,51-49+. The molecular formula is C62H119NO11S. The van der Waals surface area contributed by atoms with Crippen molar-refractivity contribution in [2.75, 3.05) is 13.2 Å². The van der Waals surface area contributed by atoms with Gasteiger partial charge in [-0.15, -0.1) is 0 Å². The van der Waals surface area contributed by atoms with E-state index in [1.165, 1.54) is 244 Å². The number of hydrogen-bond acceptors (Lipinski definition) is 10. The average molecular weight is 1090 g/mol. The van der Waals surface area contributed by atoms with Crippen LogP contribution in [0.5, 0.6) is 0 Å². The number of amides is 1. The van der Waals surface area contributed by atoms with Crippen molar-refractivity contribution in [3.05, 3.63) is 24.3 Å². The molecule has 12 nitrogen and oxygen atoms in total. The van der Waals surface area contributed by atoms with Crippen molar-refractivity contribution in [1.29, 1.82) is 0 Å². The lowest BCUT2D eigenvalue weighted by Gasteiger charge is -2.41. The van der Waals surface area contributed by atoms with Gasteiger partial charge in [0.15, 0.2) is 6.29 Å². The van der Waals surface area contributed by atoms with Crippen LogP contribution in [-0.2, 0) is 28.9 Å². The highest BCUT2D eigenvalue weighted by atomic mass is 32.3. The Labute approximate surface area is 461 Å². The number of rotatable bonds is 56. The van der Waals surface area contributed by atoms with E-state index in [1.54, 1.807) is 6.08 Å². The summed E-state index contributed by atoms with van der Waals surface area (Å²) in [6.07, 6.45) is 56.9. The van der Waals surface area contributed by atoms with Crippen LogP contribution >= 0.6 is 0 Å². The normalized spacial score (nSPS) is 19.2. The van der Waals surface area contributed by atoms with Crippen LogP contribution in [0.15, 0.2) is 24.3 Å². The molecule has 1 heterocycles. The van der Waals surface area contributed by atoms with Gasteiger partial charge in [0.2, 0.25) is 5.91 Å². The fraction of sp³-hybridized carbons (Fsp3) is 0.919. The molecule has 1 rings (SSSR count). The summed E-state index contributed by atoms with van der Waals surface area (Å²) in [7, 11) is -5.09. The summed E-state index contributed by atoms with van der Waals surface area (Å²) in [4.78, 5) is 13.1. The van der Waals surface area contributed by atoms with Gasteiger partial charge in [0.1, 0.15) is 24.4 Å². The van der Waals surface area contributed by atoms with E-state index in [0.717, 1.165) is 38.5 Å². The van der Waals surface area contributed by atoms with Crippen molar-refractivity contribution in [3.63, 3.8) is 0 Å². The zero-order valence-electron chi connectivity index (χ0n) is 48.4. The smallest absolute Gasteiger partial charge is 0.394 e. The van der Waals surface area contributed by atoms with Gasteiger partial charge in [0, 0.05) is 6.42 Å². The van der Waals surface area contributed by atoms with Gasteiger partial charge in [-0.2, -0.15) is 8.42 Å². The zero-order valence-corrected chi connectivity index (χ0v) is 49.2. The van der Waals surface area contributed by atoms with Crippen molar-refractivity contribution >= 4 is 16.3 Å². The fourth-order valence-corrected chi connectivity index (χ4v) is 10.8. The molecule has 7 unspecified atom stereocenters. The third-order valence-corrected chi connectivity index (χ3v) is 15.7. The Balaban J connectivity index is 2.18. The molecule has 0 radical (unpaired) electrons. The summed E-state index contributed by atoms with van der Waals surface area (Å²) >= 11 is 0. The van der Waals surface area contributed by atoms with Crippen LogP contribution in [0.2, 0.25) is 0 Å². The molecule has 75 heavy (non-hydrogen) atoms. The third kappa shape index (κ3) is 44.1. The van der Waals surface area contributed by atoms with Gasteiger partial charge in [-0.25, -0.2) is 4.18 Å². The minimum atomic E-state index is -5.09. The van der Waals surface area contributed by atoms with E-state index in [9.17, 15) is 38.2 Å². The molecule has 6 N–H and O–H groups in total. The predicted molar refractivity (Wildman–Crippen MR) is 310 cm³/mol. The molecule has 0 aromatic rings. The maximum absolute atomic E-state index is 13.1. The van der Waals surface area contributed by atoms with Crippen molar-refractivity contribution < 1.29 is 51.8 Å². The first kappa shape index (κ1) is 71.6. The molecule has 1 fully saturated rings. The van der Waals surface area contributed by atoms with Gasteiger partial charge < -0.3 is 35.2 Å². The van der Waals surface area contributed by atoms with E-state index < -0.39 is 59.9 Å². The summed E-state index contributed by atoms with van der Waals surface area (Å²) in [6, 6.07) is -0.941. The number of unbranched alkanes of at least 4 members (excludes halogenated alkanes) is 42. The Morgan fingerprint density at radius 3 is 1.20 bits per heavy atom. The molecule has 1 aliphatic rings. The first-order chi connectivity index (χ1) is 36.5. The molecule has 0 bridgehead atoms. The Morgan fingerprint density at radius 1 is 0.520 bits per heavy atom. The molecular weight excluding hydrogens is 967 g/mol. The highest BCUT2D eigenvalue weighted by Crippen LogP contribution is 2.26. The summed E-state index contributed by atoms with van der Waals surface area (Å²) in [5.74, 6) is -0.258. The Morgan fingerprint density at radius 2 is 0.853 bits per heavy atom. The van der Waals surface area contributed by atoms with E-state index in [0.29, 0.717) is 6.42 Å². The number of nitrogens with one attached hydrogen (secondary N) is 1.